The number of amides is 1. The van der Waals surface area contributed by atoms with E-state index < -0.39 is 41.3 Å². The topological polar surface area (TPSA) is 150 Å². The highest BCUT2D eigenvalue weighted by atomic mass is 16.4. The van der Waals surface area contributed by atoms with Crippen molar-refractivity contribution in [3.05, 3.63) is 29.8 Å². The van der Waals surface area contributed by atoms with Crippen LogP contribution < -0.4 is 11.1 Å². The first-order valence-corrected chi connectivity index (χ1v) is 8.07. The van der Waals surface area contributed by atoms with E-state index in [2.05, 4.69) is 5.32 Å². The average Bonchev–Trinajstić information content (AvgIpc) is 3.20. The molecule has 0 aliphatic heterocycles. The summed E-state index contributed by atoms with van der Waals surface area (Å²) in [5.41, 5.74) is 5.47. The van der Waals surface area contributed by atoms with Gasteiger partial charge in [0.05, 0.1) is 11.5 Å². The van der Waals surface area contributed by atoms with Gasteiger partial charge in [-0.05, 0) is 36.5 Å². The highest BCUT2D eigenvalue weighted by molar-refractivity contribution is 5.93. The van der Waals surface area contributed by atoms with Gasteiger partial charge in [-0.1, -0.05) is 12.1 Å². The van der Waals surface area contributed by atoms with E-state index in [4.69, 9.17) is 10.8 Å². The Morgan fingerprint density at radius 2 is 1.88 bits per heavy atom. The molecule has 2 saturated carbocycles. The molecule has 1 aromatic rings. The molecule has 0 unspecified atom stereocenters. The van der Waals surface area contributed by atoms with Crippen molar-refractivity contribution in [2.45, 2.75) is 30.8 Å². The van der Waals surface area contributed by atoms with Crippen LogP contribution in [-0.2, 0) is 20.8 Å². The van der Waals surface area contributed by atoms with Crippen LogP contribution in [0.4, 0.5) is 0 Å². The number of aromatic hydroxyl groups is 1. The van der Waals surface area contributed by atoms with Crippen molar-refractivity contribution in [2.75, 3.05) is 0 Å². The zero-order chi connectivity index (χ0) is 18.4. The summed E-state index contributed by atoms with van der Waals surface area (Å²) in [7, 11) is 0. The van der Waals surface area contributed by atoms with Gasteiger partial charge >= 0.3 is 11.9 Å². The number of carboxylic acids is 2. The zero-order valence-corrected chi connectivity index (χ0v) is 13.4. The predicted molar refractivity (Wildman–Crippen MR) is 85.6 cm³/mol. The number of hydrogen-bond donors (Lipinski definition) is 5. The standard InChI is InChI=1S/C17H20N2O6/c18-17(6-5-10-12(13(10)17)15(23)24)16(25)19-11(14(21)22)7-8-1-3-9(20)4-2-8/h1-4,10-13,20H,5-7,18H2,(H,19,25)(H,21,22)(H,23,24)/t10-,11-,12-,13-,17-/m0/s1. The number of phenols is 1. The van der Waals surface area contributed by atoms with Crippen LogP contribution in [0.2, 0.25) is 0 Å². The number of carbonyl (C=O) groups is 3. The van der Waals surface area contributed by atoms with Gasteiger partial charge < -0.3 is 26.4 Å². The normalized spacial score (nSPS) is 31.0. The third-order valence-electron chi connectivity index (χ3n) is 5.34. The largest absolute Gasteiger partial charge is 0.508 e. The highest BCUT2D eigenvalue weighted by Crippen LogP contribution is 2.61. The first-order valence-electron chi connectivity index (χ1n) is 8.07. The molecule has 2 fully saturated rings. The van der Waals surface area contributed by atoms with E-state index in [-0.39, 0.29) is 18.1 Å². The lowest BCUT2D eigenvalue weighted by atomic mass is 9.90. The maximum absolute atomic E-state index is 12.6. The molecular weight excluding hydrogens is 328 g/mol. The molecule has 5 atom stereocenters. The molecule has 1 aromatic carbocycles. The number of nitrogens with one attached hydrogen (secondary N) is 1. The van der Waals surface area contributed by atoms with E-state index in [1.165, 1.54) is 12.1 Å². The number of nitrogens with two attached hydrogens (primary N) is 1. The van der Waals surface area contributed by atoms with Crippen LogP contribution in [0.3, 0.4) is 0 Å². The molecule has 3 rings (SSSR count). The van der Waals surface area contributed by atoms with Crippen LogP contribution in [0, 0.1) is 17.8 Å². The van der Waals surface area contributed by atoms with Gasteiger partial charge in [-0.3, -0.25) is 9.59 Å². The zero-order valence-electron chi connectivity index (χ0n) is 13.4. The predicted octanol–water partition coefficient (Wildman–Crippen LogP) is -0.0578. The van der Waals surface area contributed by atoms with Crippen LogP contribution in [-0.4, -0.2) is 44.7 Å². The summed E-state index contributed by atoms with van der Waals surface area (Å²) in [5, 5.41) is 30.3. The summed E-state index contributed by atoms with van der Waals surface area (Å²) < 4.78 is 0. The number of carboxylic acid groups (broad SMARTS) is 2. The van der Waals surface area contributed by atoms with Gasteiger partial charge in [-0.2, -0.15) is 0 Å². The Morgan fingerprint density at radius 3 is 2.40 bits per heavy atom. The second-order valence-corrected chi connectivity index (χ2v) is 6.87. The SMILES string of the molecule is N[C@@]1(C(=O)N[C@@H](Cc2ccc(O)cc2)C(=O)O)CC[C@H]2[C@H](C(=O)O)[C@H]21. The minimum Gasteiger partial charge on any atom is -0.508 e. The molecule has 0 heterocycles. The molecule has 134 valence electrons. The maximum Gasteiger partial charge on any atom is 0.326 e. The minimum atomic E-state index is -1.34. The lowest BCUT2D eigenvalue weighted by Gasteiger charge is -2.27. The lowest BCUT2D eigenvalue weighted by molar-refractivity contribution is -0.143. The summed E-state index contributed by atoms with van der Waals surface area (Å²) in [6.45, 7) is 0. The Kier molecular flexibility index (Phi) is 4.16. The summed E-state index contributed by atoms with van der Waals surface area (Å²) in [6, 6.07) is 4.83. The van der Waals surface area contributed by atoms with Crippen molar-refractivity contribution in [3.63, 3.8) is 0 Å². The molecule has 0 saturated heterocycles. The fourth-order valence-corrected chi connectivity index (χ4v) is 3.97. The van der Waals surface area contributed by atoms with E-state index in [9.17, 15) is 24.6 Å². The highest BCUT2D eigenvalue weighted by Gasteiger charge is 2.69. The quantitative estimate of drug-likeness (QED) is 0.483. The fraction of sp³-hybridized carbons (Fsp3) is 0.471. The Hall–Kier alpha value is -2.61. The molecule has 2 aliphatic rings. The number of fused-ring (bicyclic) bond motifs is 1. The second kappa shape index (κ2) is 6.03. The molecule has 8 heteroatoms. The van der Waals surface area contributed by atoms with Crippen molar-refractivity contribution >= 4 is 17.8 Å². The van der Waals surface area contributed by atoms with Crippen LogP contribution >= 0.6 is 0 Å². The van der Waals surface area contributed by atoms with Crippen LogP contribution in [0.25, 0.3) is 0 Å². The second-order valence-electron chi connectivity index (χ2n) is 6.87. The number of carbonyl (C=O) groups excluding carboxylic acids is 1. The monoisotopic (exact) mass is 348 g/mol. The number of hydrogen-bond acceptors (Lipinski definition) is 5. The Morgan fingerprint density at radius 1 is 1.24 bits per heavy atom. The van der Waals surface area contributed by atoms with E-state index >= 15 is 0 Å². The number of benzene rings is 1. The maximum atomic E-state index is 12.6. The molecule has 25 heavy (non-hydrogen) atoms. The van der Waals surface area contributed by atoms with Crippen LogP contribution in [0.5, 0.6) is 5.75 Å². The lowest BCUT2D eigenvalue weighted by Crippen LogP contribution is -2.58. The number of aliphatic carboxylic acids is 2. The number of rotatable bonds is 6. The van der Waals surface area contributed by atoms with Gasteiger partial charge in [0, 0.05) is 12.3 Å². The van der Waals surface area contributed by atoms with Gasteiger partial charge in [0.15, 0.2) is 0 Å². The Bertz CT molecular complexity index is 718. The molecule has 6 N–H and O–H groups in total. The van der Waals surface area contributed by atoms with Crippen molar-refractivity contribution in [1.29, 1.82) is 0 Å². The summed E-state index contributed by atoms with van der Waals surface area (Å²) in [6.07, 6.45) is 0.943. The average molecular weight is 348 g/mol. The third kappa shape index (κ3) is 3.05. The van der Waals surface area contributed by atoms with Crippen molar-refractivity contribution in [2.24, 2.45) is 23.5 Å². The molecule has 1 amide bonds. The minimum absolute atomic E-state index is 0.0356. The molecule has 8 nitrogen and oxygen atoms in total. The summed E-state index contributed by atoms with van der Waals surface area (Å²) >= 11 is 0. The van der Waals surface area contributed by atoms with Gasteiger partial charge in [0.25, 0.3) is 0 Å². The van der Waals surface area contributed by atoms with Crippen LogP contribution in [0.1, 0.15) is 18.4 Å². The van der Waals surface area contributed by atoms with E-state index in [1.54, 1.807) is 12.1 Å². The van der Waals surface area contributed by atoms with Crippen LogP contribution in [0.15, 0.2) is 24.3 Å². The Labute approximate surface area is 143 Å². The molecule has 2 aliphatic carbocycles. The van der Waals surface area contributed by atoms with Gasteiger partial charge in [0.2, 0.25) is 5.91 Å². The Balaban J connectivity index is 1.70. The van der Waals surface area contributed by atoms with E-state index in [1.807, 2.05) is 0 Å². The molecule has 0 spiro atoms. The summed E-state index contributed by atoms with van der Waals surface area (Å²) in [5.74, 6) is -3.88. The third-order valence-corrected chi connectivity index (χ3v) is 5.34. The van der Waals surface area contributed by atoms with Gasteiger partial charge in [0.1, 0.15) is 11.8 Å². The van der Waals surface area contributed by atoms with E-state index in [0.29, 0.717) is 18.4 Å². The molecule has 0 bridgehead atoms. The van der Waals surface area contributed by atoms with Gasteiger partial charge in [-0.15, -0.1) is 0 Å². The summed E-state index contributed by atoms with van der Waals surface area (Å²) in [4.78, 5) is 35.3. The number of phenolic OH excluding ortho intramolecular Hbond substituents is 1. The molecular formula is C17H20N2O6. The van der Waals surface area contributed by atoms with Gasteiger partial charge in [-0.25, -0.2) is 4.79 Å². The molecule has 0 radical (unpaired) electrons. The van der Waals surface area contributed by atoms with Crippen molar-refractivity contribution in [3.8, 4) is 5.75 Å². The fourth-order valence-electron chi connectivity index (χ4n) is 3.97. The first kappa shape index (κ1) is 17.2. The first-order chi connectivity index (χ1) is 11.7. The smallest absolute Gasteiger partial charge is 0.326 e. The van der Waals surface area contributed by atoms with E-state index in [0.717, 1.165) is 0 Å². The van der Waals surface area contributed by atoms with Crippen molar-refractivity contribution in [1.82, 2.24) is 5.32 Å². The van der Waals surface area contributed by atoms with Crippen molar-refractivity contribution < 1.29 is 29.7 Å². The molecule has 0 aromatic heterocycles.